The predicted molar refractivity (Wildman–Crippen MR) is 116 cm³/mol. The molecule has 3 aromatic rings. The Morgan fingerprint density at radius 2 is 2.00 bits per heavy atom. The van der Waals surface area contributed by atoms with Gasteiger partial charge in [-0.05, 0) is 36.5 Å². The Morgan fingerprint density at radius 1 is 1.24 bits per heavy atom. The fourth-order valence-electron chi connectivity index (χ4n) is 3.95. The molecule has 154 valence electrons. The molecular formula is C21H26ClN5O2. The highest BCUT2D eigenvalue weighted by Gasteiger charge is 2.29. The number of nitrogens with zero attached hydrogens (tertiary/aromatic N) is 5. The average molecular weight is 416 g/mol. The molecule has 7 nitrogen and oxygen atoms in total. The standard InChI is InChI=1S/C21H26ClN5O2/c1-13(2)8-9-25-19(28)17-18(24(4)21(25)29)23-20-26(11-14(3)12-27(17)20)16-7-5-6-15(22)10-16/h5-7,10,13-14H,8-9,11-12H2,1-4H3/t14-/m1/s1. The lowest BCUT2D eigenvalue weighted by Gasteiger charge is -2.33. The molecule has 1 aliphatic rings. The van der Waals surface area contributed by atoms with Gasteiger partial charge in [0.1, 0.15) is 0 Å². The van der Waals surface area contributed by atoms with Gasteiger partial charge in [-0.3, -0.25) is 13.9 Å². The third-order valence-corrected chi connectivity index (χ3v) is 5.73. The maximum absolute atomic E-state index is 13.3. The molecular weight excluding hydrogens is 390 g/mol. The van der Waals surface area contributed by atoms with Crippen LogP contribution >= 0.6 is 11.6 Å². The molecule has 0 saturated carbocycles. The highest BCUT2D eigenvalue weighted by atomic mass is 35.5. The molecule has 8 heteroatoms. The summed E-state index contributed by atoms with van der Waals surface area (Å²) in [6.07, 6.45) is 0.771. The maximum Gasteiger partial charge on any atom is 0.332 e. The molecule has 1 aliphatic heterocycles. The lowest BCUT2D eigenvalue weighted by atomic mass is 10.1. The average Bonchev–Trinajstić information content (AvgIpc) is 3.05. The van der Waals surface area contributed by atoms with Gasteiger partial charge in [0, 0.05) is 37.4 Å². The summed E-state index contributed by atoms with van der Waals surface area (Å²) < 4.78 is 4.79. The normalized spacial score (nSPS) is 16.6. The Kier molecular flexibility index (Phi) is 5.02. The Morgan fingerprint density at radius 3 is 2.69 bits per heavy atom. The molecule has 4 rings (SSSR count). The van der Waals surface area contributed by atoms with E-state index in [1.54, 1.807) is 7.05 Å². The highest BCUT2D eigenvalue weighted by Crippen LogP contribution is 2.33. The number of hydrogen-bond acceptors (Lipinski definition) is 4. The van der Waals surface area contributed by atoms with Crippen molar-refractivity contribution in [2.24, 2.45) is 18.9 Å². The summed E-state index contributed by atoms with van der Waals surface area (Å²) in [6.45, 7) is 8.16. The smallest absolute Gasteiger partial charge is 0.312 e. The molecule has 3 heterocycles. The van der Waals surface area contributed by atoms with Crippen molar-refractivity contribution >= 4 is 34.4 Å². The van der Waals surface area contributed by atoms with Crippen molar-refractivity contribution in [2.75, 3.05) is 11.4 Å². The molecule has 0 bridgehead atoms. The first-order valence-electron chi connectivity index (χ1n) is 10.0. The highest BCUT2D eigenvalue weighted by molar-refractivity contribution is 6.30. The van der Waals surface area contributed by atoms with E-state index in [0.29, 0.717) is 47.1 Å². The minimum Gasteiger partial charge on any atom is -0.312 e. The number of benzene rings is 1. The van der Waals surface area contributed by atoms with Crippen LogP contribution < -0.4 is 16.1 Å². The van der Waals surface area contributed by atoms with Crippen molar-refractivity contribution in [3.63, 3.8) is 0 Å². The van der Waals surface area contributed by atoms with Crippen molar-refractivity contribution in [3.05, 3.63) is 50.1 Å². The van der Waals surface area contributed by atoms with Crippen LogP contribution in [0.1, 0.15) is 27.2 Å². The SMILES string of the molecule is CC(C)CCn1c(=O)c2c(nc3n2C[C@H](C)CN3c2cccc(Cl)c2)n(C)c1=O. The summed E-state index contributed by atoms with van der Waals surface area (Å²) in [4.78, 5) is 32.9. The van der Waals surface area contributed by atoms with Crippen LogP contribution in [-0.2, 0) is 20.1 Å². The molecule has 0 unspecified atom stereocenters. The molecule has 1 atom stereocenters. The van der Waals surface area contributed by atoms with Crippen molar-refractivity contribution in [1.82, 2.24) is 18.7 Å². The van der Waals surface area contributed by atoms with E-state index in [2.05, 4.69) is 25.7 Å². The molecule has 1 aromatic carbocycles. The van der Waals surface area contributed by atoms with E-state index in [1.165, 1.54) is 9.13 Å². The van der Waals surface area contributed by atoms with E-state index < -0.39 is 0 Å². The third kappa shape index (κ3) is 3.37. The van der Waals surface area contributed by atoms with Gasteiger partial charge < -0.3 is 9.47 Å². The second-order valence-electron chi connectivity index (χ2n) is 8.37. The summed E-state index contributed by atoms with van der Waals surface area (Å²) in [5, 5.41) is 0.645. The summed E-state index contributed by atoms with van der Waals surface area (Å²) in [5.74, 6) is 1.38. The van der Waals surface area contributed by atoms with E-state index in [0.717, 1.165) is 18.7 Å². The zero-order chi connectivity index (χ0) is 20.9. The summed E-state index contributed by atoms with van der Waals surface area (Å²) in [7, 11) is 1.68. The van der Waals surface area contributed by atoms with Gasteiger partial charge in [-0.15, -0.1) is 0 Å². The van der Waals surface area contributed by atoms with E-state index in [4.69, 9.17) is 16.6 Å². The molecule has 0 fully saturated rings. The zero-order valence-electron chi connectivity index (χ0n) is 17.2. The fraction of sp³-hybridized carbons (Fsp3) is 0.476. The van der Waals surface area contributed by atoms with Gasteiger partial charge in [0.05, 0.1) is 0 Å². The van der Waals surface area contributed by atoms with Gasteiger partial charge in [-0.25, -0.2) is 4.79 Å². The maximum atomic E-state index is 13.3. The molecule has 0 aliphatic carbocycles. The number of aromatic nitrogens is 4. The molecule has 2 aromatic heterocycles. The number of imidazole rings is 1. The predicted octanol–water partition coefficient (Wildman–Crippen LogP) is 3.38. The summed E-state index contributed by atoms with van der Waals surface area (Å²) in [6, 6.07) is 7.61. The summed E-state index contributed by atoms with van der Waals surface area (Å²) >= 11 is 6.21. The largest absolute Gasteiger partial charge is 0.332 e. The minimum atomic E-state index is -0.319. The van der Waals surface area contributed by atoms with E-state index in [-0.39, 0.29) is 11.2 Å². The van der Waals surface area contributed by atoms with Gasteiger partial charge in [0.25, 0.3) is 5.56 Å². The number of rotatable bonds is 4. The Balaban J connectivity index is 1.95. The van der Waals surface area contributed by atoms with Crippen LogP contribution in [0.4, 0.5) is 11.6 Å². The van der Waals surface area contributed by atoms with Crippen molar-refractivity contribution in [1.29, 1.82) is 0 Å². The van der Waals surface area contributed by atoms with Crippen LogP contribution in [0.2, 0.25) is 5.02 Å². The van der Waals surface area contributed by atoms with Crippen molar-refractivity contribution < 1.29 is 0 Å². The second-order valence-corrected chi connectivity index (χ2v) is 8.81. The molecule has 29 heavy (non-hydrogen) atoms. The lowest BCUT2D eigenvalue weighted by molar-refractivity contribution is 0.455. The van der Waals surface area contributed by atoms with Gasteiger partial charge in [0.2, 0.25) is 5.95 Å². The topological polar surface area (TPSA) is 65.1 Å². The number of anilines is 2. The van der Waals surface area contributed by atoms with Crippen LogP contribution in [0.15, 0.2) is 33.9 Å². The van der Waals surface area contributed by atoms with Gasteiger partial charge >= 0.3 is 5.69 Å². The first kappa shape index (κ1) is 19.8. The molecule has 0 amide bonds. The van der Waals surface area contributed by atoms with Crippen LogP contribution in [-0.4, -0.2) is 25.2 Å². The van der Waals surface area contributed by atoms with E-state index >= 15 is 0 Å². The Hall–Kier alpha value is -2.54. The minimum absolute atomic E-state index is 0.261. The Labute approximate surface area is 174 Å². The van der Waals surface area contributed by atoms with Crippen molar-refractivity contribution in [2.45, 2.75) is 40.3 Å². The molecule has 0 radical (unpaired) electrons. The first-order chi connectivity index (χ1) is 13.8. The van der Waals surface area contributed by atoms with Gasteiger partial charge in [0.15, 0.2) is 11.2 Å². The number of fused-ring (bicyclic) bond motifs is 3. The lowest BCUT2D eigenvalue weighted by Crippen LogP contribution is -2.40. The Bertz CT molecular complexity index is 1190. The van der Waals surface area contributed by atoms with Gasteiger partial charge in [-0.1, -0.05) is 38.4 Å². The zero-order valence-corrected chi connectivity index (χ0v) is 18.0. The number of halogens is 1. The third-order valence-electron chi connectivity index (χ3n) is 5.49. The second kappa shape index (κ2) is 7.37. The van der Waals surface area contributed by atoms with E-state index in [1.807, 2.05) is 28.8 Å². The van der Waals surface area contributed by atoms with Crippen LogP contribution in [0, 0.1) is 11.8 Å². The quantitative estimate of drug-likeness (QED) is 0.655. The molecule has 0 spiro atoms. The van der Waals surface area contributed by atoms with Crippen molar-refractivity contribution in [3.8, 4) is 0 Å². The fourth-order valence-corrected chi connectivity index (χ4v) is 4.14. The summed E-state index contributed by atoms with van der Waals surface area (Å²) in [5.41, 5.74) is 1.26. The van der Waals surface area contributed by atoms with E-state index in [9.17, 15) is 9.59 Å². The molecule has 0 N–H and O–H groups in total. The number of hydrogen-bond donors (Lipinski definition) is 0. The molecule has 0 saturated heterocycles. The van der Waals surface area contributed by atoms with Crippen LogP contribution in [0.5, 0.6) is 0 Å². The van der Waals surface area contributed by atoms with Crippen LogP contribution in [0.3, 0.4) is 0 Å². The first-order valence-corrected chi connectivity index (χ1v) is 10.4. The van der Waals surface area contributed by atoms with Gasteiger partial charge in [-0.2, -0.15) is 4.98 Å². The number of aryl methyl sites for hydroxylation is 1. The van der Waals surface area contributed by atoms with Crippen LogP contribution in [0.25, 0.3) is 11.2 Å². The monoisotopic (exact) mass is 415 g/mol.